The van der Waals surface area contributed by atoms with Crippen LogP contribution in [0.3, 0.4) is 0 Å². The molecule has 1 aromatic heterocycles. The molecular formula is C25H30N4O2S. The van der Waals surface area contributed by atoms with Gasteiger partial charge in [-0.25, -0.2) is 18.4 Å². The number of hydrogen-bond donors (Lipinski definition) is 0. The van der Waals surface area contributed by atoms with Crippen molar-refractivity contribution in [3.05, 3.63) is 78.0 Å². The molecule has 0 saturated carbocycles. The second-order valence-corrected chi connectivity index (χ2v) is 11.2. The van der Waals surface area contributed by atoms with E-state index in [-0.39, 0.29) is 11.2 Å². The van der Waals surface area contributed by atoms with Crippen molar-refractivity contribution in [3.8, 4) is 11.3 Å². The van der Waals surface area contributed by atoms with Gasteiger partial charge in [0.05, 0.1) is 11.4 Å². The summed E-state index contributed by atoms with van der Waals surface area (Å²) in [5.41, 5.74) is 4.11. The van der Waals surface area contributed by atoms with Crippen LogP contribution in [0, 0.1) is 0 Å². The topological polar surface area (TPSA) is 66.4 Å². The molecule has 0 amide bonds. The first-order chi connectivity index (χ1) is 15.2. The maximum atomic E-state index is 12.8. The van der Waals surface area contributed by atoms with Crippen LogP contribution in [0.1, 0.15) is 31.9 Å². The predicted octanol–water partition coefficient (Wildman–Crippen LogP) is 4.09. The molecule has 0 N–H and O–H groups in total. The summed E-state index contributed by atoms with van der Waals surface area (Å²) in [6.07, 6.45) is 1.77. The number of anilines is 1. The van der Waals surface area contributed by atoms with Crippen molar-refractivity contribution in [3.63, 3.8) is 0 Å². The molecule has 0 unspecified atom stereocenters. The lowest BCUT2D eigenvalue weighted by Crippen LogP contribution is -2.49. The third-order valence-corrected chi connectivity index (χ3v) is 7.65. The first-order valence-electron chi connectivity index (χ1n) is 10.9. The number of rotatable bonds is 5. The van der Waals surface area contributed by atoms with Gasteiger partial charge in [0.1, 0.15) is 0 Å². The van der Waals surface area contributed by atoms with Crippen molar-refractivity contribution in [2.45, 2.75) is 31.9 Å². The summed E-state index contributed by atoms with van der Waals surface area (Å²) in [5, 5.41) is 0. The lowest BCUT2D eigenvalue weighted by Gasteiger charge is -2.34. The first kappa shape index (κ1) is 22.4. The van der Waals surface area contributed by atoms with Crippen LogP contribution in [0.25, 0.3) is 11.3 Å². The van der Waals surface area contributed by atoms with Gasteiger partial charge in [-0.05, 0) is 22.6 Å². The summed E-state index contributed by atoms with van der Waals surface area (Å²) >= 11 is 0. The molecular weight excluding hydrogens is 420 g/mol. The van der Waals surface area contributed by atoms with E-state index in [9.17, 15) is 8.42 Å². The molecule has 0 spiro atoms. The largest absolute Gasteiger partial charge is 0.338 e. The second kappa shape index (κ2) is 9.00. The average molecular weight is 451 g/mol. The first-order valence-corrected chi connectivity index (χ1v) is 12.5. The van der Waals surface area contributed by atoms with Crippen LogP contribution in [-0.4, -0.2) is 48.9 Å². The molecule has 6 nitrogen and oxygen atoms in total. The zero-order chi connectivity index (χ0) is 22.8. The summed E-state index contributed by atoms with van der Waals surface area (Å²) in [6, 6.07) is 19.7. The Kier molecular flexibility index (Phi) is 6.31. The quantitative estimate of drug-likeness (QED) is 0.586. The number of piperazine rings is 1. The molecule has 4 rings (SSSR count). The molecule has 1 fully saturated rings. The highest BCUT2D eigenvalue weighted by Gasteiger charge is 2.28. The predicted molar refractivity (Wildman–Crippen MR) is 129 cm³/mol. The van der Waals surface area contributed by atoms with Gasteiger partial charge in [-0.15, -0.1) is 0 Å². The zero-order valence-corrected chi connectivity index (χ0v) is 19.7. The molecule has 1 saturated heterocycles. The molecule has 1 aliphatic rings. The number of nitrogens with zero attached hydrogens (tertiary/aromatic N) is 4. The summed E-state index contributed by atoms with van der Waals surface area (Å²) in [7, 11) is -3.34. The monoisotopic (exact) mass is 450 g/mol. The zero-order valence-electron chi connectivity index (χ0n) is 18.9. The summed E-state index contributed by atoms with van der Waals surface area (Å²) in [6.45, 7) is 8.60. The Hall–Kier alpha value is -2.77. The van der Waals surface area contributed by atoms with Gasteiger partial charge in [0.2, 0.25) is 16.0 Å². The fourth-order valence-corrected chi connectivity index (χ4v) is 5.36. The van der Waals surface area contributed by atoms with Crippen molar-refractivity contribution in [2.75, 3.05) is 31.1 Å². The second-order valence-electron chi connectivity index (χ2n) is 9.20. The van der Waals surface area contributed by atoms with Gasteiger partial charge in [0, 0.05) is 37.9 Å². The fourth-order valence-electron chi connectivity index (χ4n) is 3.84. The van der Waals surface area contributed by atoms with Gasteiger partial charge < -0.3 is 4.90 Å². The van der Waals surface area contributed by atoms with Gasteiger partial charge in [-0.1, -0.05) is 75.4 Å². The lowest BCUT2D eigenvalue weighted by molar-refractivity contribution is 0.382. The SMILES string of the molecule is CC(C)(C)c1ccc(-c2ccnc(N3CCN(S(=O)(=O)Cc4ccccc4)CC3)n2)cc1. The van der Waals surface area contributed by atoms with Gasteiger partial charge >= 0.3 is 0 Å². The molecule has 0 aliphatic carbocycles. The van der Waals surface area contributed by atoms with E-state index >= 15 is 0 Å². The summed E-state index contributed by atoms with van der Waals surface area (Å²) in [5.74, 6) is 0.673. The highest BCUT2D eigenvalue weighted by Crippen LogP contribution is 2.26. The standard InChI is InChI=1S/C25H30N4O2S/c1-25(2,3)22-11-9-21(10-12-22)23-13-14-26-24(27-23)28-15-17-29(18-16-28)32(30,31)19-20-7-5-4-6-8-20/h4-14H,15-19H2,1-3H3. The van der Waals surface area contributed by atoms with E-state index in [1.807, 2.05) is 36.4 Å². The molecule has 168 valence electrons. The Morgan fingerprint density at radius 1 is 0.875 bits per heavy atom. The molecule has 3 aromatic rings. The van der Waals surface area contributed by atoms with Crippen molar-refractivity contribution < 1.29 is 8.42 Å². The molecule has 32 heavy (non-hydrogen) atoms. The summed E-state index contributed by atoms with van der Waals surface area (Å²) < 4.78 is 27.2. The number of hydrogen-bond acceptors (Lipinski definition) is 5. The highest BCUT2D eigenvalue weighted by atomic mass is 32.2. The number of aromatic nitrogens is 2. The molecule has 0 radical (unpaired) electrons. The molecule has 2 heterocycles. The van der Waals surface area contributed by atoms with E-state index in [2.05, 4.69) is 54.9 Å². The maximum absolute atomic E-state index is 12.8. The normalized spacial score (nSPS) is 15.7. The lowest BCUT2D eigenvalue weighted by atomic mass is 9.86. The highest BCUT2D eigenvalue weighted by molar-refractivity contribution is 7.88. The van der Waals surface area contributed by atoms with E-state index in [0.29, 0.717) is 32.1 Å². The van der Waals surface area contributed by atoms with E-state index in [1.165, 1.54) is 5.56 Å². The van der Waals surface area contributed by atoms with E-state index < -0.39 is 10.0 Å². The average Bonchev–Trinajstić information content (AvgIpc) is 2.79. The van der Waals surface area contributed by atoms with E-state index in [1.54, 1.807) is 10.5 Å². The minimum absolute atomic E-state index is 0.0321. The van der Waals surface area contributed by atoms with Gasteiger partial charge in [-0.2, -0.15) is 4.31 Å². The maximum Gasteiger partial charge on any atom is 0.225 e. The van der Waals surface area contributed by atoms with Crippen LogP contribution in [0.2, 0.25) is 0 Å². The van der Waals surface area contributed by atoms with Gasteiger partial charge in [0.25, 0.3) is 0 Å². The molecule has 2 aromatic carbocycles. The van der Waals surface area contributed by atoms with Gasteiger partial charge in [0.15, 0.2) is 0 Å². The van der Waals surface area contributed by atoms with Crippen molar-refractivity contribution in [1.29, 1.82) is 0 Å². The van der Waals surface area contributed by atoms with Crippen LogP contribution in [0.4, 0.5) is 5.95 Å². The molecule has 1 aliphatic heterocycles. The number of sulfonamides is 1. The third kappa shape index (κ3) is 5.16. The van der Waals surface area contributed by atoms with Crippen molar-refractivity contribution in [1.82, 2.24) is 14.3 Å². The van der Waals surface area contributed by atoms with Crippen LogP contribution in [-0.2, 0) is 21.2 Å². The van der Waals surface area contributed by atoms with Gasteiger partial charge in [-0.3, -0.25) is 0 Å². The Morgan fingerprint density at radius 3 is 2.16 bits per heavy atom. The Bertz CT molecular complexity index is 1150. The minimum Gasteiger partial charge on any atom is -0.338 e. The van der Waals surface area contributed by atoms with Crippen LogP contribution >= 0.6 is 0 Å². The molecule has 7 heteroatoms. The fraction of sp³-hybridized carbons (Fsp3) is 0.360. The minimum atomic E-state index is -3.34. The Balaban J connectivity index is 1.43. The Morgan fingerprint density at radius 2 is 1.53 bits per heavy atom. The van der Waals surface area contributed by atoms with Crippen molar-refractivity contribution in [2.24, 2.45) is 0 Å². The molecule has 0 atom stereocenters. The smallest absolute Gasteiger partial charge is 0.225 e. The van der Waals surface area contributed by atoms with E-state index in [0.717, 1.165) is 16.8 Å². The van der Waals surface area contributed by atoms with Crippen LogP contribution in [0.15, 0.2) is 66.9 Å². The number of benzene rings is 2. The Labute approximate surface area is 191 Å². The van der Waals surface area contributed by atoms with Crippen molar-refractivity contribution >= 4 is 16.0 Å². The summed E-state index contributed by atoms with van der Waals surface area (Å²) in [4.78, 5) is 11.3. The van der Waals surface area contributed by atoms with Crippen LogP contribution < -0.4 is 4.90 Å². The molecule has 0 bridgehead atoms. The van der Waals surface area contributed by atoms with E-state index in [4.69, 9.17) is 4.98 Å². The van der Waals surface area contributed by atoms with Crippen LogP contribution in [0.5, 0.6) is 0 Å². The third-order valence-electron chi connectivity index (χ3n) is 5.80.